The van der Waals surface area contributed by atoms with E-state index in [2.05, 4.69) is 24.3 Å². The molecule has 0 fully saturated rings. The quantitative estimate of drug-likeness (QED) is 0.247. The molecule has 0 heterocycles. The summed E-state index contributed by atoms with van der Waals surface area (Å²) in [5, 5.41) is 16.9. The molecule has 0 saturated heterocycles. The second kappa shape index (κ2) is 15.3. The van der Waals surface area contributed by atoms with Crippen molar-refractivity contribution >= 4 is 0 Å². The first-order chi connectivity index (χ1) is 14.3. The summed E-state index contributed by atoms with van der Waals surface area (Å²) < 4.78 is 72.5. The molecular formula is C22H16F6O2Zr. The summed E-state index contributed by atoms with van der Waals surface area (Å²) in [6.07, 6.45) is 20.0. The van der Waals surface area contributed by atoms with Crippen LogP contribution in [-0.4, -0.2) is 10.2 Å². The average Bonchev–Trinajstić information content (AvgIpc) is 3.50. The van der Waals surface area contributed by atoms with E-state index in [-0.39, 0.29) is 26.2 Å². The van der Waals surface area contributed by atoms with Gasteiger partial charge in [0.25, 0.3) is 0 Å². The number of phenolic OH excluding ortho intramolecular Hbond substituents is 2. The summed E-state index contributed by atoms with van der Waals surface area (Å²) in [6.45, 7) is 0. The van der Waals surface area contributed by atoms with Gasteiger partial charge >= 0.3 is 26.2 Å². The van der Waals surface area contributed by atoms with E-state index in [9.17, 15) is 26.3 Å². The Morgan fingerprint density at radius 2 is 0.935 bits per heavy atom. The van der Waals surface area contributed by atoms with E-state index in [1.54, 1.807) is 0 Å². The van der Waals surface area contributed by atoms with Crippen LogP contribution >= 0.6 is 0 Å². The van der Waals surface area contributed by atoms with E-state index in [0.29, 0.717) is 12.1 Å². The van der Waals surface area contributed by atoms with Gasteiger partial charge in [0.2, 0.25) is 11.6 Å². The Kier molecular flexibility index (Phi) is 14.0. The number of allylic oxidation sites excluding steroid dienone is 8. The van der Waals surface area contributed by atoms with Crippen LogP contribution in [-0.2, 0) is 26.2 Å². The number of rotatable bonds is 0. The molecule has 4 rings (SSSR count). The third-order valence-electron chi connectivity index (χ3n) is 3.20. The van der Waals surface area contributed by atoms with Gasteiger partial charge in [-0.1, -0.05) is 0 Å². The first-order valence-corrected chi connectivity index (χ1v) is 8.34. The maximum atomic E-state index is 12.1. The van der Waals surface area contributed by atoms with Crippen LogP contribution in [0.2, 0.25) is 0 Å². The van der Waals surface area contributed by atoms with Crippen molar-refractivity contribution in [3.8, 4) is 11.5 Å². The number of hydrogen-bond acceptors (Lipinski definition) is 2. The van der Waals surface area contributed by atoms with E-state index in [1.165, 1.54) is 0 Å². The van der Waals surface area contributed by atoms with Crippen LogP contribution in [0.1, 0.15) is 12.8 Å². The third-order valence-corrected chi connectivity index (χ3v) is 3.20. The molecule has 0 atom stereocenters. The van der Waals surface area contributed by atoms with Crippen LogP contribution in [0, 0.1) is 47.1 Å². The van der Waals surface area contributed by atoms with Crippen LogP contribution in [0.15, 0.2) is 60.7 Å². The number of hydrogen-bond donors (Lipinski definition) is 2. The molecule has 0 saturated carbocycles. The topological polar surface area (TPSA) is 40.5 Å². The number of aromatic hydroxyl groups is 2. The zero-order valence-corrected chi connectivity index (χ0v) is 18.3. The van der Waals surface area contributed by atoms with Gasteiger partial charge in [-0.15, -0.1) is 12.8 Å². The summed E-state index contributed by atoms with van der Waals surface area (Å²) in [7, 11) is 0. The predicted octanol–water partition coefficient (Wildman–Crippen LogP) is 6.23. The van der Waals surface area contributed by atoms with E-state index >= 15 is 0 Å². The van der Waals surface area contributed by atoms with Gasteiger partial charge in [0.15, 0.2) is 34.8 Å². The molecule has 2 aromatic carbocycles. The maximum absolute atomic E-state index is 12.1. The van der Waals surface area contributed by atoms with Crippen molar-refractivity contribution < 1.29 is 62.8 Å². The zero-order valence-electron chi connectivity index (χ0n) is 15.8. The predicted molar refractivity (Wildman–Crippen MR) is 99.1 cm³/mol. The van der Waals surface area contributed by atoms with Gasteiger partial charge in [-0.05, 0) is 24.3 Å². The average molecular weight is 518 g/mol. The van der Waals surface area contributed by atoms with Crippen molar-refractivity contribution in [3.05, 3.63) is 108 Å². The fourth-order valence-corrected chi connectivity index (χ4v) is 1.71. The summed E-state index contributed by atoms with van der Waals surface area (Å²) >= 11 is 0. The molecule has 31 heavy (non-hydrogen) atoms. The number of halogens is 6. The van der Waals surface area contributed by atoms with Crippen LogP contribution < -0.4 is 0 Å². The van der Waals surface area contributed by atoms with Crippen molar-refractivity contribution in [2.24, 2.45) is 0 Å². The molecular weight excluding hydrogens is 501 g/mol. The Labute approximate surface area is 194 Å². The third kappa shape index (κ3) is 10.4. The van der Waals surface area contributed by atoms with Crippen molar-refractivity contribution in [2.45, 2.75) is 12.8 Å². The molecule has 0 amide bonds. The van der Waals surface area contributed by atoms with Crippen LogP contribution in [0.25, 0.3) is 0 Å². The molecule has 9 heteroatoms. The largest absolute Gasteiger partial charge is 2.00 e. The van der Waals surface area contributed by atoms with Crippen LogP contribution in [0.5, 0.6) is 11.5 Å². The zero-order chi connectivity index (χ0) is 22.5. The molecule has 2 aromatic rings. The second-order valence-corrected chi connectivity index (χ2v) is 5.40. The smallest absolute Gasteiger partial charge is 0.505 e. The minimum atomic E-state index is -1.65. The Hall–Kier alpha value is -2.54. The molecule has 0 spiro atoms. The van der Waals surface area contributed by atoms with Crippen LogP contribution in [0.3, 0.4) is 0 Å². The summed E-state index contributed by atoms with van der Waals surface area (Å²) in [6, 6.07) is 2.78. The Morgan fingerprint density at radius 1 is 0.581 bits per heavy atom. The summed E-state index contributed by atoms with van der Waals surface area (Å²) in [5.41, 5.74) is 0. The maximum Gasteiger partial charge on any atom is 2.00 e. The molecule has 2 nitrogen and oxygen atoms in total. The second-order valence-electron chi connectivity index (χ2n) is 5.40. The van der Waals surface area contributed by atoms with Crippen LogP contribution in [0.4, 0.5) is 26.3 Å². The van der Waals surface area contributed by atoms with Gasteiger partial charge in [0.05, 0.1) is 0 Å². The Balaban J connectivity index is 0.000000401. The first kappa shape index (κ1) is 28.5. The number of phenols is 2. The van der Waals surface area contributed by atoms with Gasteiger partial charge in [-0.2, -0.15) is 20.9 Å². The molecule has 0 aliphatic heterocycles. The van der Waals surface area contributed by atoms with E-state index in [0.717, 1.165) is 25.0 Å². The molecule has 0 bridgehead atoms. The van der Waals surface area contributed by atoms with Crippen molar-refractivity contribution in [1.29, 1.82) is 0 Å². The van der Waals surface area contributed by atoms with Gasteiger partial charge < -0.3 is 10.2 Å². The molecule has 2 aliphatic carbocycles. The minimum Gasteiger partial charge on any atom is -0.505 e. The van der Waals surface area contributed by atoms with Gasteiger partial charge in [0.1, 0.15) is 0 Å². The van der Waals surface area contributed by atoms with Gasteiger partial charge in [-0.3, -0.25) is 12.2 Å². The molecule has 2 aliphatic rings. The fourth-order valence-electron chi connectivity index (χ4n) is 1.71. The Bertz CT molecular complexity index is 804. The molecule has 0 radical (unpaired) electrons. The standard InChI is InChI=1S/2C6H3F3O.2C5H5.Zr/c2*7-3-1-2-4(10)6(9)5(3)8;2*1-2-4-5-3-1;/h2*1-2,10H;2*1-3H,4H2;/q;;2*-1;+2. The van der Waals surface area contributed by atoms with E-state index < -0.39 is 46.4 Å². The summed E-state index contributed by atoms with van der Waals surface area (Å²) in [5.74, 6) is -10.8. The summed E-state index contributed by atoms with van der Waals surface area (Å²) in [4.78, 5) is 0. The fraction of sp³-hybridized carbons (Fsp3) is 0.0909. The van der Waals surface area contributed by atoms with E-state index in [1.807, 2.05) is 24.3 Å². The van der Waals surface area contributed by atoms with Gasteiger partial charge in [-0.25, -0.2) is 41.9 Å². The van der Waals surface area contributed by atoms with Crippen molar-refractivity contribution in [3.63, 3.8) is 0 Å². The monoisotopic (exact) mass is 516 g/mol. The Morgan fingerprint density at radius 3 is 1.13 bits per heavy atom. The van der Waals surface area contributed by atoms with Crippen molar-refractivity contribution in [2.75, 3.05) is 0 Å². The van der Waals surface area contributed by atoms with Gasteiger partial charge in [0, 0.05) is 0 Å². The molecule has 2 N–H and O–H groups in total. The molecule has 162 valence electrons. The minimum absolute atomic E-state index is 0. The molecule has 0 unspecified atom stereocenters. The number of benzene rings is 2. The van der Waals surface area contributed by atoms with E-state index in [4.69, 9.17) is 10.2 Å². The first-order valence-electron chi connectivity index (χ1n) is 8.34. The normalized spacial score (nSPS) is 12.1. The molecule has 0 aromatic heterocycles. The SMILES string of the molecule is Oc1ccc(F)c(F)c1F.Oc1ccc(F)c(F)c1F.[C-]1=CC=CC1.[C-]1=CC=CC1.[Zr+2]. The van der Waals surface area contributed by atoms with Crippen molar-refractivity contribution in [1.82, 2.24) is 0 Å².